The summed E-state index contributed by atoms with van der Waals surface area (Å²) in [6.07, 6.45) is 2.65. The standard InChI is InChI=1S/C13H19N3O4S/c1-16(2)21(19,20)7-6-14-12-10(13(17)18)8-9-4-3-5-11(9)15-12/h8H,3-7H2,1-2H3,(H,14,15)(H,17,18). The van der Waals surface area contributed by atoms with Gasteiger partial charge in [0, 0.05) is 26.3 Å². The zero-order valence-electron chi connectivity index (χ0n) is 12.1. The van der Waals surface area contributed by atoms with Crippen molar-refractivity contribution in [2.75, 3.05) is 31.7 Å². The number of fused-ring (bicyclic) bond motifs is 1. The van der Waals surface area contributed by atoms with E-state index >= 15 is 0 Å². The zero-order chi connectivity index (χ0) is 15.6. The molecule has 1 aliphatic carbocycles. The monoisotopic (exact) mass is 313 g/mol. The van der Waals surface area contributed by atoms with Gasteiger partial charge in [-0.2, -0.15) is 0 Å². The van der Waals surface area contributed by atoms with Gasteiger partial charge in [-0.25, -0.2) is 22.5 Å². The van der Waals surface area contributed by atoms with Gasteiger partial charge in [0.25, 0.3) is 0 Å². The van der Waals surface area contributed by atoms with Crippen LogP contribution in [0.5, 0.6) is 0 Å². The van der Waals surface area contributed by atoms with Crippen LogP contribution in [-0.2, 0) is 22.9 Å². The molecule has 0 bridgehead atoms. The average Bonchev–Trinajstić information content (AvgIpc) is 2.84. The molecule has 0 saturated carbocycles. The Morgan fingerprint density at radius 1 is 1.43 bits per heavy atom. The number of hydrogen-bond donors (Lipinski definition) is 2. The number of hydrogen-bond acceptors (Lipinski definition) is 5. The number of aryl methyl sites for hydroxylation is 2. The number of rotatable bonds is 6. The lowest BCUT2D eigenvalue weighted by atomic mass is 10.1. The van der Waals surface area contributed by atoms with Crippen molar-refractivity contribution >= 4 is 21.8 Å². The van der Waals surface area contributed by atoms with Gasteiger partial charge in [-0.05, 0) is 30.9 Å². The lowest BCUT2D eigenvalue weighted by Gasteiger charge is -2.13. The van der Waals surface area contributed by atoms with Crippen molar-refractivity contribution in [1.82, 2.24) is 9.29 Å². The Hall–Kier alpha value is -1.67. The van der Waals surface area contributed by atoms with Crippen LogP contribution < -0.4 is 5.32 Å². The van der Waals surface area contributed by atoms with Crippen LogP contribution in [-0.4, -0.2) is 55.2 Å². The number of aromatic carboxylic acids is 1. The van der Waals surface area contributed by atoms with E-state index in [-0.39, 0.29) is 23.7 Å². The van der Waals surface area contributed by atoms with E-state index in [2.05, 4.69) is 10.3 Å². The Bertz CT molecular complexity index is 656. The predicted octanol–water partition coefficient (Wildman–Crippen LogP) is 0.572. The van der Waals surface area contributed by atoms with Crippen LogP contribution in [0.2, 0.25) is 0 Å². The quantitative estimate of drug-likeness (QED) is 0.796. The number of carboxylic acids is 1. The first-order valence-electron chi connectivity index (χ1n) is 6.71. The molecule has 0 unspecified atom stereocenters. The molecule has 8 heteroatoms. The SMILES string of the molecule is CN(C)S(=O)(=O)CCNc1nc2c(cc1C(=O)O)CCC2. The molecule has 7 nitrogen and oxygen atoms in total. The van der Waals surface area contributed by atoms with E-state index in [1.165, 1.54) is 14.1 Å². The summed E-state index contributed by atoms with van der Waals surface area (Å²) in [5.41, 5.74) is 1.97. The van der Waals surface area contributed by atoms with E-state index in [9.17, 15) is 18.3 Å². The van der Waals surface area contributed by atoms with Crippen molar-refractivity contribution in [2.45, 2.75) is 19.3 Å². The average molecular weight is 313 g/mol. The van der Waals surface area contributed by atoms with Gasteiger partial charge >= 0.3 is 5.97 Å². The number of nitrogens with zero attached hydrogens (tertiary/aromatic N) is 2. The summed E-state index contributed by atoms with van der Waals surface area (Å²) in [5, 5.41) is 12.1. The molecule has 2 rings (SSSR count). The van der Waals surface area contributed by atoms with Crippen molar-refractivity contribution in [1.29, 1.82) is 0 Å². The van der Waals surface area contributed by atoms with Gasteiger partial charge in [-0.3, -0.25) is 0 Å². The first-order chi connectivity index (χ1) is 9.81. The van der Waals surface area contributed by atoms with Gasteiger partial charge in [0.1, 0.15) is 11.4 Å². The lowest BCUT2D eigenvalue weighted by Crippen LogP contribution is -2.29. The van der Waals surface area contributed by atoms with Crippen molar-refractivity contribution in [3.8, 4) is 0 Å². The summed E-state index contributed by atoms with van der Waals surface area (Å²) in [4.78, 5) is 15.6. The maximum atomic E-state index is 11.7. The van der Waals surface area contributed by atoms with Crippen LogP contribution in [0.15, 0.2) is 6.07 Å². The van der Waals surface area contributed by atoms with Gasteiger partial charge in [-0.15, -0.1) is 0 Å². The second kappa shape index (κ2) is 5.98. The minimum Gasteiger partial charge on any atom is -0.478 e. The molecule has 0 aliphatic heterocycles. The van der Waals surface area contributed by atoms with Gasteiger partial charge in [0.15, 0.2) is 0 Å². The molecule has 1 aromatic heterocycles. The zero-order valence-corrected chi connectivity index (χ0v) is 12.9. The van der Waals surface area contributed by atoms with Crippen LogP contribution in [0, 0.1) is 0 Å². The first-order valence-corrected chi connectivity index (χ1v) is 8.32. The van der Waals surface area contributed by atoms with Crippen LogP contribution in [0.25, 0.3) is 0 Å². The van der Waals surface area contributed by atoms with Crippen LogP contribution in [0.3, 0.4) is 0 Å². The number of carbonyl (C=O) groups is 1. The van der Waals surface area contributed by atoms with Gasteiger partial charge < -0.3 is 10.4 Å². The minimum absolute atomic E-state index is 0.0953. The number of carboxylic acid groups (broad SMARTS) is 1. The molecule has 0 radical (unpaired) electrons. The summed E-state index contributed by atoms with van der Waals surface area (Å²) in [5.74, 6) is -0.926. The minimum atomic E-state index is -3.32. The van der Waals surface area contributed by atoms with E-state index in [0.717, 1.165) is 34.8 Å². The Morgan fingerprint density at radius 3 is 2.76 bits per heavy atom. The molecule has 0 saturated heterocycles. The highest BCUT2D eigenvalue weighted by molar-refractivity contribution is 7.89. The molecule has 1 aliphatic rings. The Morgan fingerprint density at radius 2 is 2.14 bits per heavy atom. The van der Waals surface area contributed by atoms with E-state index in [1.54, 1.807) is 6.07 Å². The fourth-order valence-electron chi connectivity index (χ4n) is 2.25. The molecule has 0 spiro atoms. The molecule has 0 atom stereocenters. The summed E-state index contributed by atoms with van der Waals surface area (Å²) in [6.45, 7) is 0.118. The largest absolute Gasteiger partial charge is 0.478 e. The highest BCUT2D eigenvalue weighted by atomic mass is 32.2. The summed E-state index contributed by atoms with van der Waals surface area (Å²) < 4.78 is 24.5. The lowest BCUT2D eigenvalue weighted by molar-refractivity contribution is 0.0697. The number of anilines is 1. The van der Waals surface area contributed by atoms with Crippen LogP contribution >= 0.6 is 0 Å². The fraction of sp³-hybridized carbons (Fsp3) is 0.538. The smallest absolute Gasteiger partial charge is 0.339 e. The number of sulfonamides is 1. The van der Waals surface area contributed by atoms with Crippen LogP contribution in [0.1, 0.15) is 28.0 Å². The second-order valence-electron chi connectivity index (χ2n) is 5.17. The maximum absolute atomic E-state index is 11.7. The Labute approximate surface area is 124 Å². The topological polar surface area (TPSA) is 99.6 Å². The Kier molecular flexibility index (Phi) is 4.48. The fourth-order valence-corrected chi connectivity index (χ4v) is 2.98. The van der Waals surface area contributed by atoms with Crippen molar-refractivity contribution in [3.63, 3.8) is 0 Å². The highest BCUT2D eigenvalue weighted by Gasteiger charge is 2.20. The van der Waals surface area contributed by atoms with Crippen molar-refractivity contribution in [2.24, 2.45) is 0 Å². The summed E-state index contributed by atoms with van der Waals surface area (Å²) in [6, 6.07) is 1.64. The van der Waals surface area contributed by atoms with E-state index in [4.69, 9.17) is 0 Å². The second-order valence-corrected chi connectivity index (χ2v) is 7.48. The molecule has 1 aromatic rings. The molecule has 0 fully saturated rings. The third-order valence-electron chi connectivity index (χ3n) is 3.49. The van der Waals surface area contributed by atoms with Gasteiger partial charge in [0.2, 0.25) is 10.0 Å². The summed E-state index contributed by atoms with van der Waals surface area (Å²) in [7, 11) is -0.389. The van der Waals surface area contributed by atoms with E-state index < -0.39 is 16.0 Å². The third-order valence-corrected chi connectivity index (χ3v) is 5.32. The van der Waals surface area contributed by atoms with Gasteiger partial charge in [-0.1, -0.05) is 0 Å². The molecule has 2 N–H and O–H groups in total. The Balaban J connectivity index is 2.15. The maximum Gasteiger partial charge on any atom is 0.339 e. The van der Waals surface area contributed by atoms with Gasteiger partial charge in [0.05, 0.1) is 5.75 Å². The van der Waals surface area contributed by atoms with Crippen molar-refractivity contribution < 1.29 is 18.3 Å². The van der Waals surface area contributed by atoms with Crippen molar-refractivity contribution in [3.05, 3.63) is 22.9 Å². The highest BCUT2D eigenvalue weighted by Crippen LogP contribution is 2.25. The molecule has 21 heavy (non-hydrogen) atoms. The molecule has 0 aromatic carbocycles. The van der Waals surface area contributed by atoms with E-state index in [0.29, 0.717) is 0 Å². The number of pyridine rings is 1. The third kappa shape index (κ3) is 3.51. The first kappa shape index (κ1) is 15.7. The molecule has 0 amide bonds. The molecule has 1 heterocycles. The number of aromatic nitrogens is 1. The summed E-state index contributed by atoms with van der Waals surface area (Å²) >= 11 is 0. The molecular weight excluding hydrogens is 294 g/mol. The normalized spacial score (nSPS) is 14.2. The molecular formula is C13H19N3O4S. The van der Waals surface area contributed by atoms with E-state index in [1.807, 2.05) is 0 Å². The number of nitrogens with one attached hydrogen (secondary N) is 1. The predicted molar refractivity (Wildman–Crippen MR) is 79.2 cm³/mol. The van der Waals surface area contributed by atoms with Crippen LogP contribution in [0.4, 0.5) is 5.82 Å². The molecule has 116 valence electrons.